The summed E-state index contributed by atoms with van der Waals surface area (Å²) in [4.78, 5) is 15.2. The number of rotatable bonds is 5. The van der Waals surface area contributed by atoms with Crippen LogP contribution in [0.2, 0.25) is 0 Å². The monoisotopic (exact) mass is 730 g/mol. The highest BCUT2D eigenvalue weighted by molar-refractivity contribution is 6.13. The molecule has 12 rings (SSSR count). The van der Waals surface area contributed by atoms with Crippen LogP contribution in [-0.2, 0) is 0 Å². The molecule has 12 aromatic rings. The first-order valence-electron chi connectivity index (χ1n) is 19.0. The average Bonchev–Trinajstić information content (AvgIpc) is 3.95. The van der Waals surface area contributed by atoms with Gasteiger partial charge in [0, 0.05) is 60.3 Å². The van der Waals surface area contributed by atoms with Gasteiger partial charge in [0.15, 0.2) is 17.5 Å². The molecule has 0 N–H and O–H groups in total. The third-order valence-corrected chi connectivity index (χ3v) is 11.1. The van der Waals surface area contributed by atoms with Gasteiger partial charge in [-0.25, -0.2) is 15.0 Å². The third kappa shape index (κ3) is 5.01. The number of nitrogens with zero attached hydrogens (tertiary/aromatic N) is 4. The molecular weight excluding hydrogens is 701 g/mol. The van der Waals surface area contributed by atoms with Gasteiger partial charge >= 0.3 is 0 Å². The molecule has 0 atom stereocenters. The van der Waals surface area contributed by atoms with E-state index in [0.29, 0.717) is 17.5 Å². The summed E-state index contributed by atoms with van der Waals surface area (Å²) in [5.41, 5.74) is 11.6. The van der Waals surface area contributed by atoms with Gasteiger partial charge in [0.05, 0.1) is 11.0 Å². The second kappa shape index (κ2) is 12.3. The molecule has 8 aromatic carbocycles. The van der Waals surface area contributed by atoms with E-state index in [1.165, 1.54) is 16.3 Å². The molecule has 0 bridgehead atoms. The zero-order valence-corrected chi connectivity index (χ0v) is 30.4. The molecule has 0 saturated heterocycles. The fraction of sp³-hybridized carbons (Fsp3) is 0. The predicted octanol–water partition coefficient (Wildman–Crippen LogP) is 13.4. The zero-order valence-electron chi connectivity index (χ0n) is 30.4. The number of benzene rings is 8. The molecule has 6 nitrogen and oxygen atoms in total. The molecule has 0 spiro atoms. The van der Waals surface area contributed by atoms with Crippen LogP contribution in [0.4, 0.5) is 0 Å². The van der Waals surface area contributed by atoms with Crippen LogP contribution in [0.1, 0.15) is 0 Å². The molecule has 4 heterocycles. The molecular formula is C51H30N4O2. The quantitative estimate of drug-likeness (QED) is 0.176. The number of aromatic nitrogens is 4. The van der Waals surface area contributed by atoms with Crippen molar-refractivity contribution in [2.75, 3.05) is 0 Å². The topological polar surface area (TPSA) is 69.9 Å². The van der Waals surface area contributed by atoms with E-state index in [-0.39, 0.29) is 0 Å². The van der Waals surface area contributed by atoms with Gasteiger partial charge in [0.1, 0.15) is 22.3 Å². The van der Waals surface area contributed by atoms with Gasteiger partial charge in [-0.1, -0.05) is 115 Å². The van der Waals surface area contributed by atoms with Crippen molar-refractivity contribution in [1.29, 1.82) is 0 Å². The van der Waals surface area contributed by atoms with Gasteiger partial charge < -0.3 is 13.4 Å². The largest absolute Gasteiger partial charge is 0.456 e. The Balaban J connectivity index is 1.01. The van der Waals surface area contributed by atoms with Crippen LogP contribution in [0, 0.1) is 0 Å². The highest BCUT2D eigenvalue weighted by Crippen LogP contribution is 2.40. The van der Waals surface area contributed by atoms with E-state index >= 15 is 0 Å². The minimum atomic E-state index is 0.586. The number of fused-ring (bicyclic) bond motifs is 9. The van der Waals surface area contributed by atoms with Crippen LogP contribution in [0.15, 0.2) is 191 Å². The van der Waals surface area contributed by atoms with E-state index in [0.717, 1.165) is 82.9 Å². The highest BCUT2D eigenvalue weighted by Gasteiger charge is 2.19. The lowest BCUT2D eigenvalue weighted by Gasteiger charge is -2.09. The van der Waals surface area contributed by atoms with Gasteiger partial charge in [-0.15, -0.1) is 0 Å². The van der Waals surface area contributed by atoms with Crippen molar-refractivity contribution in [2.24, 2.45) is 0 Å². The standard InChI is InChI=1S/C51H30N4O2/c1-3-12-31(13-4-1)49-52-50(33-23-26-46-41(28-33)39-17-8-10-21-45(39)56-46)54-51(53-49)34-24-27-47-42(29-34)40-19-11-18-36(48(40)57-47)32-22-25-38-37-16-7-9-20-43(37)55(44(38)30-32)35-14-5-2-6-15-35/h1-30H. The van der Waals surface area contributed by atoms with Gasteiger partial charge in [-0.05, 0) is 72.3 Å². The van der Waals surface area contributed by atoms with Crippen LogP contribution in [0.3, 0.4) is 0 Å². The summed E-state index contributed by atoms with van der Waals surface area (Å²) < 4.78 is 15.2. The summed E-state index contributed by atoms with van der Waals surface area (Å²) >= 11 is 0. The summed E-state index contributed by atoms with van der Waals surface area (Å²) in [6.07, 6.45) is 0. The maximum Gasteiger partial charge on any atom is 0.164 e. The van der Waals surface area contributed by atoms with Crippen molar-refractivity contribution in [3.63, 3.8) is 0 Å². The van der Waals surface area contributed by atoms with Crippen molar-refractivity contribution in [3.05, 3.63) is 182 Å². The highest BCUT2D eigenvalue weighted by atomic mass is 16.3. The number of hydrogen-bond donors (Lipinski definition) is 0. The molecule has 0 fully saturated rings. The molecule has 0 amide bonds. The summed E-state index contributed by atoms with van der Waals surface area (Å²) in [5, 5.41) is 6.55. The van der Waals surface area contributed by atoms with Crippen molar-refractivity contribution >= 4 is 65.7 Å². The molecule has 0 unspecified atom stereocenters. The van der Waals surface area contributed by atoms with Crippen LogP contribution in [0.25, 0.3) is 117 Å². The second-order valence-corrected chi connectivity index (χ2v) is 14.4. The van der Waals surface area contributed by atoms with E-state index in [1.807, 2.05) is 72.8 Å². The first-order valence-corrected chi connectivity index (χ1v) is 19.0. The fourth-order valence-corrected chi connectivity index (χ4v) is 8.37. The molecule has 0 saturated carbocycles. The lowest BCUT2D eigenvalue weighted by molar-refractivity contribution is 0.669. The van der Waals surface area contributed by atoms with Gasteiger partial charge in [0.25, 0.3) is 0 Å². The molecule has 57 heavy (non-hydrogen) atoms. The van der Waals surface area contributed by atoms with E-state index in [2.05, 4.69) is 114 Å². The minimum Gasteiger partial charge on any atom is -0.456 e. The smallest absolute Gasteiger partial charge is 0.164 e. The van der Waals surface area contributed by atoms with Crippen LogP contribution in [-0.4, -0.2) is 19.5 Å². The van der Waals surface area contributed by atoms with E-state index in [1.54, 1.807) is 0 Å². The fourth-order valence-electron chi connectivity index (χ4n) is 8.37. The first kappa shape index (κ1) is 31.5. The van der Waals surface area contributed by atoms with Gasteiger partial charge in [-0.3, -0.25) is 0 Å². The SMILES string of the molecule is c1ccc(-c2nc(-c3ccc4oc5ccccc5c4c3)nc(-c3ccc4oc5c(-c6ccc7c8ccccc8n(-c8ccccc8)c7c6)cccc5c4c3)n2)cc1. The predicted molar refractivity (Wildman–Crippen MR) is 230 cm³/mol. The minimum absolute atomic E-state index is 0.586. The Kier molecular flexibility index (Phi) is 6.83. The van der Waals surface area contributed by atoms with Crippen molar-refractivity contribution in [1.82, 2.24) is 19.5 Å². The van der Waals surface area contributed by atoms with Gasteiger partial charge in [0.2, 0.25) is 0 Å². The first-order chi connectivity index (χ1) is 28.2. The van der Waals surface area contributed by atoms with E-state index in [9.17, 15) is 0 Å². The second-order valence-electron chi connectivity index (χ2n) is 14.4. The van der Waals surface area contributed by atoms with Crippen molar-refractivity contribution in [3.8, 4) is 51.0 Å². The van der Waals surface area contributed by atoms with E-state index < -0.39 is 0 Å². The molecule has 6 heteroatoms. The number of hydrogen-bond acceptors (Lipinski definition) is 5. The molecule has 0 aliphatic carbocycles. The Labute approximate surface area is 325 Å². The lowest BCUT2D eigenvalue weighted by Crippen LogP contribution is -2.00. The molecule has 4 aromatic heterocycles. The molecule has 0 radical (unpaired) electrons. The van der Waals surface area contributed by atoms with Crippen molar-refractivity contribution in [2.45, 2.75) is 0 Å². The van der Waals surface area contributed by atoms with Crippen LogP contribution >= 0.6 is 0 Å². The normalized spacial score (nSPS) is 11.9. The Bertz CT molecular complexity index is 3530. The Morgan fingerprint density at radius 2 is 0.895 bits per heavy atom. The summed E-state index contributed by atoms with van der Waals surface area (Å²) in [6, 6.07) is 62.8. The third-order valence-electron chi connectivity index (χ3n) is 11.1. The Morgan fingerprint density at radius 1 is 0.333 bits per heavy atom. The lowest BCUT2D eigenvalue weighted by atomic mass is 10.0. The molecule has 0 aliphatic rings. The molecule has 266 valence electrons. The summed E-state index contributed by atoms with van der Waals surface area (Å²) in [5.74, 6) is 1.78. The summed E-state index contributed by atoms with van der Waals surface area (Å²) in [6.45, 7) is 0. The van der Waals surface area contributed by atoms with E-state index in [4.69, 9.17) is 23.8 Å². The Hall–Kier alpha value is -7.83. The van der Waals surface area contributed by atoms with Crippen LogP contribution in [0.5, 0.6) is 0 Å². The van der Waals surface area contributed by atoms with Crippen LogP contribution < -0.4 is 0 Å². The maximum absolute atomic E-state index is 6.70. The Morgan fingerprint density at radius 3 is 1.67 bits per heavy atom. The maximum atomic E-state index is 6.70. The summed E-state index contributed by atoms with van der Waals surface area (Å²) in [7, 11) is 0. The number of para-hydroxylation sites is 4. The molecule has 0 aliphatic heterocycles. The van der Waals surface area contributed by atoms with Gasteiger partial charge in [-0.2, -0.15) is 0 Å². The average molecular weight is 731 g/mol. The van der Waals surface area contributed by atoms with Crippen molar-refractivity contribution < 1.29 is 8.83 Å². The zero-order chi connectivity index (χ0) is 37.5. The number of furan rings is 2.